The summed E-state index contributed by atoms with van der Waals surface area (Å²) in [5, 5.41) is 7.81. The molecule has 3 aromatic rings. The number of methoxy groups -OCH3 is 1. The second-order valence-electron chi connectivity index (χ2n) is 6.21. The lowest BCUT2D eigenvalue weighted by molar-refractivity contribution is 0.387. The number of halogens is 1. The van der Waals surface area contributed by atoms with Crippen LogP contribution in [0.25, 0.3) is 10.9 Å². The van der Waals surface area contributed by atoms with Gasteiger partial charge in [-0.05, 0) is 18.9 Å². The smallest absolute Gasteiger partial charge is 0.167 e. The standard InChI is InChI=1S/C17H19FN6O/c1-25-15-6-11-14(7-12(15)18)20-9-21-17(11)24-4-2-10(3-5-24)13-8-16(19)23-22-13/h6-10H,2-5H2,1H3,(H3,19,22,23). The van der Waals surface area contributed by atoms with Crippen molar-refractivity contribution in [3.05, 3.63) is 36.0 Å². The van der Waals surface area contributed by atoms with Crippen molar-refractivity contribution >= 4 is 22.5 Å². The SMILES string of the molecule is COc1cc2c(N3CCC(c4cc(N)n[nH]4)CC3)ncnc2cc1F. The van der Waals surface area contributed by atoms with Crippen LogP contribution in [0.4, 0.5) is 16.0 Å². The third kappa shape index (κ3) is 2.84. The molecule has 3 heterocycles. The van der Waals surface area contributed by atoms with Crippen LogP contribution in [-0.2, 0) is 0 Å². The normalized spacial score (nSPS) is 15.7. The second-order valence-corrected chi connectivity index (χ2v) is 6.21. The maximum atomic E-state index is 13.9. The number of aromatic amines is 1. The van der Waals surface area contributed by atoms with Gasteiger partial charge in [0, 0.05) is 42.2 Å². The van der Waals surface area contributed by atoms with E-state index in [4.69, 9.17) is 10.5 Å². The minimum absolute atomic E-state index is 0.200. The number of piperidine rings is 1. The van der Waals surface area contributed by atoms with Gasteiger partial charge in [0.15, 0.2) is 11.6 Å². The van der Waals surface area contributed by atoms with Crippen molar-refractivity contribution in [1.29, 1.82) is 0 Å². The Kier molecular flexibility index (Phi) is 3.87. The quantitative estimate of drug-likeness (QED) is 0.759. The van der Waals surface area contributed by atoms with E-state index >= 15 is 0 Å². The van der Waals surface area contributed by atoms with E-state index in [1.54, 1.807) is 6.07 Å². The van der Waals surface area contributed by atoms with E-state index in [9.17, 15) is 4.39 Å². The van der Waals surface area contributed by atoms with Gasteiger partial charge in [-0.15, -0.1) is 0 Å². The number of nitrogens with zero attached hydrogens (tertiary/aromatic N) is 4. The lowest BCUT2D eigenvalue weighted by Crippen LogP contribution is -2.33. The molecule has 4 rings (SSSR count). The van der Waals surface area contributed by atoms with Gasteiger partial charge in [0.25, 0.3) is 0 Å². The third-order valence-electron chi connectivity index (χ3n) is 4.74. The summed E-state index contributed by atoms with van der Waals surface area (Å²) < 4.78 is 19.0. The van der Waals surface area contributed by atoms with Crippen LogP contribution in [0.1, 0.15) is 24.5 Å². The van der Waals surface area contributed by atoms with Crippen LogP contribution in [0.15, 0.2) is 24.5 Å². The Hall–Kier alpha value is -2.90. The second kappa shape index (κ2) is 6.19. The average molecular weight is 342 g/mol. The molecular weight excluding hydrogens is 323 g/mol. The van der Waals surface area contributed by atoms with Crippen LogP contribution in [0.3, 0.4) is 0 Å². The topological polar surface area (TPSA) is 93.0 Å². The Morgan fingerprint density at radius 2 is 2.04 bits per heavy atom. The minimum Gasteiger partial charge on any atom is -0.494 e. The fraction of sp³-hybridized carbons (Fsp3) is 0.353. The number of nitrogens with one attached hydrogen (secondary N) is 1. The molecule has 0 aliphatic carbocycles. The molecule has 0 saturated carbocycles. The van der Waals surface area contributed by atoms with Gasteiger partial charge in [-0.25, -0.2) is 14.4 Å². The molecule has 1 saturated heterocycles. The first-order valence-electron chi connectivity index (χ1n) is 8.19. The molecule has 0 amide bonds. The summed E-state index contributed by atoms with van der Waals surface area (Å²) in [6.45, 7) is 1.69. The van der Waals surface area contributed by atoms with Crippen molar-refractivity contribution in [2.45, 2.75) is 18.8 Å². The predicted octanol–water partition coefficient (Wildman–Crippen LogP) is 2.47. The number of hydrogen-bond donors (Lipinski definition) is 2. The van der Waals surface area contributed by atoms with Crippen LogP contribution in [0, 0.1) is 5.82 Å². The molecule has 1 aromatic carbocycles. The highest BCUT2D eigenvalue weighted by molar-refractivity contribution is 5.90. The van der Waals surface area contributed by atoms with Crippen molar-refractivity contribution in [1.82, 2.24) is 20.2 Å². The van der Waals surface area contributed by atoms with Crippen molar-refractivity contribution < 1.29 is 9.13 Å². The molecule has 0 bridgehead atoms. The molecule has 1 aliphatic rings. The van der Waals surface area contributed by atoms with E-state index in [0.717, 1.165) is 42.8 Å². The lowest BCUT2D eigenvalue weighted by Gasteiger charge is -2.32. The van der Waals surface area contributed by atoms with E-state index < -0.39 is 5.82 Å². The average Bonchev–Trinajstić information content (AvgIpc) is 3.07. The van der Waals surface area contributed by atoms with Crippen LogP contribution in [-0.4, -0.2) is 40.4 Å². The number of hydrogen-bond acceptors (Lipinski definition) is 6. The summed E-state index contributed by atoms with van der Waals surface area (Å²) in [5.41, 5.74) is 7.35. The molecule has 0 radical (unpaired) electrons. The van der Waals surface area contributed by atoms with Crippen LogP contribution < -0.4 is 15.4 Å². The number of rotatable bonds is 3. The van der Waals surface area contributed by atoms with E-state index in [1.807, 2.05) is 6.07 Å². The molecule has 7 nitrogen and oxygen atoms in total. The molecule has 3 N–H and O–H groups in total. The zero-order valence-electron chi connectivity index (χ0n) is 13.9. The Morgan fingerprint density at radius 3 is 2.72 bits per heavy atom. The number of aromatic nitrogens is 4. The molecule has 2 aromatic heterocycles. The fourth-order valence-electron chi connectivity index (χ4n) is 3.42. The highest BCUT2D eigenvalue weighted by Gasteiger charge is 2.24. The maximum absolute atomic E-state index is 13.9. The lowest BCUT2D eigenvalue weighted by atomic mass is 9.93. The van der Waals surface area contributed by atoms with Gasteiger partial charge < -0.3 is 15.4 Å². The van der Waals surface area contributed by atoms with E-state index in [1.165, 1.54) is 19.5 Å². The first-order chi connectivity index (χ1) is 12.2. The molecular formula is C17H19FN6O. The zero-order valence-corrected chi connectivity index (χ0v) is 13.9. The van der Waals surface area contributed by atoms with Gasteiger partial charge in [-0.2, -0.15) is 5.10 Å². The fourth-order valence-corrected chi connectivity index (χ4v) is 3.42. The van der Waals surface area contributed by atoms with Gasteiger partial charge >= 0.3 is 0 Å². The molecule has 25 heavy (non-hydrogen) atoms. The minimum atomic E-state index is -0.421. The van der Waals surface area contributed by atoms with Crippen LogP contribution in [0.5, 0.6) is 5.75 Å². The number of H-pyrrole nitrogens is 1. The zero-order chi connectivity index (χ0) is 17.4. The summed E-state index contributed by atoms with van der Waals surface area (Å²) in [7, 11) is 1.45. The summed E-state index contributed by atoms with van der Waals surface area (Å²) >= 11 is 0. The Balaban J connectivity index is 1.60. The molecule has 1 aliphatic heterocycles. The largest absolute Gasteiger partial charge is 0.494 e. The molecule has 0 atom stereocenters. The number of ether oxygens (including phenoxy) is 1. The number of nitrogen functional groups attached to an aromatic ring is 1. The van der Waals surface area contributed by atoms with Crippen molar-refractivity contribution in [3.63, 3.8) is 0 Å². The highest BCUT2D eigenvalue weighted by Crippen LogP contribution is 2.33. The Morgan fingerprint density at radius 1 is 1.24 bits per heavy atom. The third-order valence-corrected chi connectivity index (χ3v) is 4.74. The highest BCUT2D eigenvalue weighted by atomic mass is 19.1. The number of nitrogens with two attached hydrogens (primary N) is 1. The van der Waals surface area contributed by atoms with Crippen LogP contribution >= 0.6 is 0 Å². The van der Waals surface area contributed by atoms with Crippen molar-refractivity contribution in [3.8, 4) is 5.75 Å². The molecule has 8 heteroatoms. The van der Waals surface area contributed by atoms with E-state index in [0.29, 0.717) is 17.3 Å². The van der Waals surface area contributed by atoms with E-state index in [-0.39, 0.29) is 5.75 Å². The summed E-state index contributed by atoms with van der Waals surface area (Å²) in [4.78, 5) is 10.8. The number of anilines is 2. The first-order valence-corrected chi connectivity index (χ1v) is 8.19. The molecule has 1 fully saturated rings. The summed E-state index contributed by atoms with van der Waals surface area (Å²) in [5.74, 6) is 1.52. The van der Waals surface area contributed by atoms with Gasteiger partial charge in [-0.1, -0.05) is 0 Å². The van der Waals surface area contributed by atoms with Crippen LogP contribution in [0.2, 0.25) is 0 Å². The van der Waals surface area contributed by atoms with Crippen molar-refractivity contribution in [2.24, 2.45) is 0 Å². The first kappa shape index (κ1) is 15.6. The maximum Gasteiger partial charge on any atom is 0.167 e. The van der Waals surface area contributed by atoms with Gasteiger partial charge in [0.05, 0.1) is 12.6 Å². The molecule has 130 valence electrons. The van der Waals surface area contributed by atoms with Crippen molar-refractivity contribution in [2.75, 3.05) is 30.8 Å². The van der Waals surface area contributed by atoms with Gasteiger partial charge in [-0.3, -0.25) is 5.10 Å². The van der Waals surface area contributed by atoms with Gasteiger partial charge in [0.2, 0.25) is 0 Å². The summed E-state index contributed by atoms with van der Waals surface area (Å²) in [6.07, 6.45) is 3.40. The monoisotopic (exact) mass is 342 g/mol. The Bertz CT molecular complexity index is 903. The number of fused-ring (bicyclic) bond motifs is 1. The molecule has 0 unspecified atom stereocenters. The van der Waals surface area contributed by atoms with Gasteiger partial charge in [0.1, 0.15) is 18.0 Å². The predicted molar refractivity (Wildman–Crippen MR) is 93.2 cm³/mol. The number of benzene rings is 1. The van der Waals surface area contributed by atoms with E-state index in [2.05, 4.69) is 25.1 Å². The molecule has 0 spiro atoms. The Labute approximate surface area is 144 Å². The summed E-state index contributed by atoms with van der Waals surface area (Å²) in [6, 6.07) is 4.95.